The lowest BCUT2D eigenvalue weighted by atomic mass is 9.87. The largest absolute Gasteiger partial charge is 0.481 e. The van der Waals surface area contributed by atoms with E-state index in [4.69, 9.17) is 9.63 Å². The number of nitrogens with one attached hydrogen (secondary N) is 1. The third-order valence-electron chi connectivity index (χ3n) is 3.34. The van der Waals surface area contributed by atoms with Crippen LogP contribution in [0.5, 0.6) is 0 Å². The molecule has 1 saturated heterocycles. The smallest absolute Gasteiger partial charge is 0.306 e. The maximum absolute atomic E-state index is 11.7. The van der Waals surface area contributed by atoms with Crippen molar-refractivity contribution in [2.75, 3.05) is 25.0 Å². The van der Waals surface area contributed by atoms with E-state index in [9.17, 15) is 9.59 Å². The van der Waals surface area contributed by atoms with Gasteiger partial charge in [-0.2, -0.15) is 0 Å². The van der Waals surface area contributed by atoms with E-state index in [2.05, 4.69) is 10.5 Å². The highest BCUT2D eigenvalue weighted by Crippen LogP contribution is 2.23. The van der Waals surface area contributed by atoms with Crippen LogP contribution in [0.2, 0.25) is 0 Å². The Morgan fingerprint density at radius 2 is 2.32 bits per heavy atom. The predicted molar refractivity (Wildman–Crippen MR) is 66.6 cm³/mol. The summed E-state index contributed by atoms with van der Waals surface area (Å²) in [6.07, 6.45) is 0. The minimum Gasteiger partial charge on any atom is -0.481 e. The summed E-state index contributed by atoms with van der Waals surface area (Å²) in [6.45, 7) is 4.98. The van der Waals surface area contributed by atoms with E-state index in [0.717, 1.165) is 0 Å². The number of aryl methyl sites for hydroxylation is 1. The number of rotatable bonds is 5. The van der Waals surface area contributed by atoms with Crippen LogP contribution in [-0.4, -0.2) is 46.7 Å². The molecule has 1 fully saturated rings. The van der Waals surface area contributed by atoms with Gasteiger partial charge in [-0.3, -0.25) is 19.8 Å². The van der Waals surface area contributed by atoms with Gasteiger partial charge in [-0.25, -0.2) is 0 Å². The Morgan fingerprint density at radius 3 is 2.84 bits per heavy atom. The molecule has 0 radical (unpaired) electrons. The van der Waals surface area contributed by atoms with Crippen LogP contribution in [0.1, 0.15) is 12.6 Å². The van der Waals surface area contributed by atoms with Gasteiger partial charge in [0.05, 0.1) is 18.2 Å². The lowest BCUT2D eigenvalue weighted by Gasteiger charge is -2.40. The van der Waals surface area contributed by atoms with E-state index in [1.807, 2.05) is 4.90 Å². The third-order valence-corrected chi connectivity index (χ3v) is 3.34. The van der Waals surface area contributed by atoms with Crippen LogP contribution in [-0.2, 0) is 9.59 Å². The molecule has 2 heterocycles. The summed E-state index contributed by atoms with van der Waals surface area (Å²) < 4.78 is 4.88. The van der Waals surface area contributed by atoms with Crippen molar-refractivity contribution in [1.29, 1.82) is 0 Å². The summed E-state index contributed by atoms with van der Waals surface area (Å²) in [5, 5.41) is 15.1. The number of aliphatic carboxylic acids is 1. The average Bonchev–Trinajstić information content (AvgIpc) is 2.67. The van der Waals surface area contributed by atoms with E-state index >= 15 is 0 Å². The van der Waals surface area contributed by atoms with Crippen molar-refractivity contribution in [3.8, 4) is 0 Å². The van der Waals surface area contributed by atoms with Crippen LogP contribution in [0.4, 0.5) is 5.88 Å². The molecule has 0 spiro atoms. The first-order valence-electron chi connectivity index (χ1n) is 6.14. The lowest BCUT2D eigenvalue weighted by Crippen LogP contribution is -2.53. The first kappa shape index (κ1) is 13.5. The standard InChI is InChI=1S/C12H17N3O4/c1-7-3-11(19-14-7)13-10(16)6-15-4-9(5-15)8(2)12(17)18/h3,8-9H,4-6H2,1-2H3,(H,13,16)(H,17,18). The van der Waals surface area contributed by atoms with E-state index in [-0.39, 0.29) is 24.3 Å². The fraction of sp³-hybridized carbons (Fsp3) is 0.583. The number of amides is 1. The van der Waals surface area contributed by atoms with Gasteiger partial charge in [-0.15, -0.1) is 0 Å². The molecule has 1 amide bonds. The minimum absolute atomic E-state index is 0.123. The Morgan fingerprint density at radius 1 is 1.63 bits per heavy atom. The van der Waals surface area contributed by atoms with Crippen molar-refractivity contribution in [3.63, 3.8) is 0 Å². The highest BCUT2D eigenvalue weighted by Gasteiger charge is 2.35. The number of carbonyl (C=O) groups excluding carboxylic acids is 1. The topological polar surface area (TPSA) is 95.7 Å². The second-order valence-electron chi connectivity index (χ2n) is 4.96. The normalized spacial score (nSPS) is 17.8. The summed E-state index contributed by atoms with van der Waals surface area (Å²) in [5.74, 6) is -0.878. The van der Waals surface area contributed by atoms with Gasteiger partial charge in [0.2, 0.25) is 11.8 Å². The van der Waals surface area contributed by atoms with Crippen LogP contribution in [0.3, 0.4) is 0 Å². The molecular formula is C12H17N3O4. The molecule has 1 aliphatic rings. The first-order chi connectivity index (χ1) is 8.95. The van der Waals surface area contributed by atoms with Crippen molar-refractivity contribution in [3.05, 3.63) is 11.8 Å². The summed E-state index contributed by atoms with van der Waals surface area (Å²) in [6, 6.07) is 1.64. The number of aromatic nitrogens is 1. The van der Waals surface area contributed by atoms with Crippen LogP contribution >= 0.6 is 0 Å². The van der Waals surface area contributed by atoms with Gasteiger partial charge in [-0.1, -0.05) is 12.1 Å². The number of likely N-dealkylation sites (tertiary alicyclic amines) is 1. The van der Waals surface area contributed by atoms with Crippen molar-refractivity contribution in [1.82, 2.24) is 10.1 Å². The SMILES string of the molecule is Cc1cc(NC(=O)CN2CC(C(C)C(=O)O)C2)on1. The molecule has 7 nitrogen and oxygen atoms in total. The maximum Gasteiger partial charge on any atom is 0.306 e. The zero-order valence-electron chi connectivity index (χ0n) is 10.9. The first-order valence-corrected chi connectivity index (χ1v) is 6.14. The average molecular weight is 267 g/mol. The number of carbonyl (C=O) groups is 2. The summed E-state index contributed by atoms with van der Waals surface area (Å²) in [4.78, 5) is 24.4. The van der Waals surface area contributed by atoms with Gasteiger partial charge in [0, 0.05) is 19.2 Å². The molecule has 19 heavy (non-hydrogen) atoms. The second kappa shape index (κ2) is 5.40. The fourth-order valence-corrected chi connectivity index (χ4v) is 2.06. The van der Waals surface area contributed by atoms with E-state index < -0.39 is 5.97 Å². The monoisotopic (exact) mass is 267 g/mol. The zero-order valence-corrected chi connectivity index (χ0v) is 10.9. The predicted octanol–water partition coefficient (Wildman–Crippen LogP) is 0.574. The summed E-state index contributed by atoms with van der Waals surface area (Å²) >= 11 is 0. The van der Waals surface area contributed by atoms with Gasteiger partial charge in [0.15, 0.2) is 0 Å². The molecule has 1 aromatic heterocycles. The number of carboxylic acids is 1. The third kappa shape index (κ3) is 3.31. The number of anilines is 1. The molecule has 0 saturated carbocycles. The summed E-state index contributed by atoms with van der Waals surface area (Å²) in [7, 11) is 0. The van der Waals surface area contributed by atoms with Gasteiger partial charge in [0.1, 0.15) is 0 Å². The van der Waals surface area contributed by atoms with Crippen LogP contribution < -0.4 is 5.32 Å². The Balaban J connectivity index is 1.72. The van der Waals surface area contributed by atoms with Gasteiger partial charge >= 0.3 is 5.97 Å². The van der Waals surface area contributed by atoms with Gasteiger partial charge in [-0.05, 0) is 12.8 Å². The molecule has 1 aliphatic heterocycles. The molecule has 2 N–H and O–H groups in total. The Kier molecular flexibility index (Phi) is 3.84. The lowest BCUT2D eigenvalue weighted by molar-refractivity contribution is -0.145. The quantitative estimate of drug-likeness (QED) is 0.810. The zero-order chi connectivity index (χ0) is 14.0. The molecule has 0 aromatic carbocycles. The highest BCUT2D eigenvalue weighted by atomic mass is 16.5. The number of hydrogen-bond acceptors (Lipinski definition) is 5. The molecule has 104 valence electrons. The second-order valence-corrected chi connectivity index (χ2v) is 4.96. The summed E-state index contributed by atoms with van der Waals surface area (Å²) in [5.41, 5.74) is 0.703. The minimum atomic E-state index is -0.786. The molecule has 1 aromatic rings. The molecule has 7 heteroatoms. The molecule has 2 rings (SSSR count). The van der Waals surface area contributed by atoms with Crippen LogP contribution in [0.15, 0.2) is 10.6 Å². The van der Waals surface area contributed by atoms with E-state index in [1.54, 1.807) is 19.9 Å². The van der Waals surface area contributed by atoms with Crippen LogP contribution in [0.25, 0.3) is 0 Å². The van der Waals surface area contributed by atoms with E-state index in [1.165, 1.54) is 0 Å². The molecule has 1 unspecified atom stereocenters. The van der Waals surface area contributed by atoms with Crippen molar-refractivity contribution < 1.29 is 19.2 Å². The maximum atomic E-state index is 11.7. The van der Waals surface area contributed by atoms with Gasteiger partial charge in [0.25, 0.3) is 0 Å². The Labute approximate surface area is 110 Å². The van der Waals surface area contributed by atoms with Gasteiger partial charge < -0.3 is 9.63 Å². The van der Waals surface area contributed by atoms with Crippen LogP contribution in [0, 0.1) is 18.8 Å². The number of hydrogen-bond donors (Lipinski definition) is 2. The number of carboxylic acid groups (broad SMARTS) is 1. The van der Waals surface area contributed by atoms with Crippen molar-refractivity contribution >= 4 is 17.8 Å². The van der Waals surface area contributed by atoms with Crippen molar-refractivity contribution in [2.45, 2.75) is 13.8 Å². The Hall–Kier alpha value is -1.89. The molecular weight excluding hydrogens is 250 g/mol. The molecule has 0 aliphatic carbocycles. The molecule has 1 atom stereocenters. The highest BCUT2D eigenvalue weighted by molar-refractivity contribution is 5.91. The van der Waals surface area contributed by atoms with Crippen molar-refractivity contribution in [2.24, 2.45) is 11.8 Å². The number of nitrogens with zero attached hydrogens (tertiary/aromatic N) is 2. The van der Waals surface area contributed by atoms with E-state index in [0.29, 0.717) is 24.7 Å². The molecule has 0 bridgehead atoms. The Bertz CT molecular complexity index is 479. The fourth-order valence-electron chi connectivity index (χ4n) is 2.06.